The molecule has 1 rings (SSSR count). The van der Waals surface area contributed by atoms with Crippen molar-refractivity contribution >= 4 is 17.5 Å². The highest BCUT2D eigenvalue weighted by atomic mass is 16.2. The van der Waals surface area contributed by atoms with E-state index in [9.17, 15) is 9.59 Å². The third-order valence-electron chi connectivity index (χ3n) is 3.81. The molecule has 0 spiro atoms. The van der Waals surface area contributed by atoms with Crippen LogP contribution in [0.4, 0.5) is 5.69 Å². The predicted octanol–water partition coefficient (Wildman–Crippen LogP) is 3.47. The van der Waals surface area contributed by atoms with Gasteiger partial charge in [0.15, 0.2) is 0 Å². The summed E-state index contributed by atoms with van der Waals surface area (Å²) in [6, 6.07) is 9.57. The molecule has 0 aromatic heterocycles. The van der Waals surface area contributed by atoms with Crippen molar-refractivity contribution in [3.63, 3.8) is 0 Å². The normalized spacial score (nSPS) is 10.3. The molecule has 0 atom stereocenters. The van der Waals surface area contributed by atoms with E-state index in [4.69, 9.17) is 0 Å². The number of carbonyl (C=O) groups excluding carboxylic acids is 2. The van der Waals surface area contributed by atoms with Crippen LogP contribution in [0.2, 0.25) is 0 Å². The number of rotatable bonds is 9. The smallest absolute Gasteiger partial charge is 0.226 e. The van der Waals surface area contributed by atoms with Crippen LogP contribution in [0.3, 0.4) is 0 Å². The summed E-state index contributed by atoms with van der Waals surface area (Å²) < 4.78 is 0. The first kappa shape index (κ1) is 18.2. The zero-order chi connectivity index (χ0) is 16.4. The molecule has 0 heterocycles. The number of anilines is 1. The molecule has 4 nitrogen and oxygen atoms in total. The van der Waals surface area contributed by atoms with Crippen molar-refractivity contribution in [2.45, 2.75) is 46.0 Å². The minimum Gasteiger partial charge on any atom is -0.343 e. The third kappa shape index (κ3) is 5.88. The Morgan fingerprint density at radius 2 is 1.59 bits per heavy atom. The quantitative estimate of drug-likeness (QED) is 0.701. The highest BCUT2D eigenvalue weighted by Gasteiger charge is 2.14. The molecule has 0 saturated heterocycles. The second-order valence-electron chi connectivity index (χ2n) is 5.47. The Morgan fingerprint density at radius 3 is 2.18 bits per heavy atom. The van der Waals surface area contributed by atoms with E-state index in [1.165, 1.54) is 0 Å². The lowest BCUT2D eigenvalue weighted by molar-refractivity contribution is -0.131. The Hall–Kier alpha value is -1.84. The van der Waals surface area contributed by atoms with Gasteiger partial charge in [0, 0.05) is 38.7 Å². The Kier molecular flexibility index (Phi) is 8.26. The highest BCUT2D eigenvalue weighted by molar-refractivity contribution is 5.92. The molecule has 122 valence electrons. The van der Waals surface area contributed by atoms with E-state index >= 15 is 0 Å². The van der Waals surface area contributed by atoms with Crippen LogP contribution in [0.15, 0.2) is 30.3 Å². The van der Waals surface area contributed by atoms with Crippen LogP contribution in [0.1, 0.15) is 46.0 Å². The molecule has 0 radical (unpaired) electrons. The Labute approximate surface area is 134 Å². The van der Waals surface area contributed by atoms with Gasteiger partial charge in [-0.15, -0.1) is 0 Å². The lowest BCUT2D eigenvalue weighted by Crippen LogP contribution is -2.32. The first-order valence-corrected chi connectivity index (χ1v) is 8.19. The number of hydrogen-bond acceptors (Lipinski definition) is 2. The van der Waals surface area contributed by atoms with Crippen molar-refractivity contribution in [1.29, 1.82) is 0 Å². The van der Waals surface area contributed by atoms with Crippen LogP contribution in [0, 0.1) is 0 Å². The van der Waals surface area contributed by atoms with E-state index in [1.54, 1.807) is 11.9 Å². The summed E-state index contributed by atoms with van der Waals surface area (Å²) >= 11 is 0. The van der Waals surface area contributed by atoms with Gasteiger partial charge in [-0.1, -0.05) is 31.5 Å². The molecule has 0 N–H and O–H groups in total. The molecular formula is C18H28N2O2. The number of unbranched alkanes of at least 4 members (excludes halogenated alkanes) is 1. The fourth-order valence-electron chi connectivity index (χ4n) is 2.32. The SMILES string of the molecule is CCCCN(CC)C(=O)CCCC(=O)N(C)c1ccccc1. The Bertz CT molecular complexity index is 459. The van der Waals surface area contributed by atoms with Crippen molar-refractivity contribution in [2.24, 2.45) is 0 Å². The fourth-order valence-corrected chi connectivity index (χ4v) is 2.32. The number of amides is 2. The molecule has 4 heteroatoms. The Morgan fingerprint density at radius 1 is 0.955 bits per heavy atom. The number of nitrogens with zero attached hydrogens (tertiary/aromatic N) is 2. The number of para-hydroxylation sites is 1. The topological polar surface area (TPSA) is 40.6 Å². The summed E-state index contributed by atoms with van der Waals surface area (Å²) in [4.78, 5) is 27.8. The number of benzene rings is 1. The molecule has 0 bridgehead atoms. The van der Waals surface area contributed by atoms with Gasteiger partial charge in [-0.3, -0.25) is 9.59 Å². The molecule has 0 unspecified atom stereocenters. The molecule has 0 aliphatic carbocycles. The third-order valence-corrected chi connectivity index (χ3v) is 3.81. The van der Waals surface area contributed by atoms with Crippen molar-refractivity contribution in [3.8, 4) is 0 Å². The van der Waals surface area contributed by atoms with E-state index < -0.39 is 0 Å². The Balaban J connectivity index is 2.36. The molecular weight excluding hydrogens is 276 g/mol. The van der Waals surface area contributed by atoms with Gasteiger partial charge >= 0.3 is 0 Å². The monoisotopic (exact) mass is 304 g/mol. The van der Waals surface area contributed by atoms with Gasteiger partial charge in [0.25, 0.3) is 0 Å². The standard InChI is InChI=1S/C18H28N2O2/c1-4-6-15-20(5-2)18(22)14-10-13-17(21)19(3)16-11-8-7-9-12-16/h7-9,11-12H,4-6,10,13-15H2,1-3H3. The summed E-state index contributed by atoms with van der Waals surface area (Å²) in [5.74, 6) is 0.210. The van der Waals surface area contributed by atoms with Gasteiger partial charge in [0.05, 0.1) is 0 Å². The van der Waals surface area contributed by atoms with Gasteiger partial charge < -0.3 is 9.80 Å². The van der Waals surface area contributed by atoms with Gasteiger partial charge in [-0.05, 0) is 31.9 Å². The second-order valence-corrected chi connectivity index (χ2v) is 5.47. The molecule has 0 saturated carbocycles. The maximum atomic E-state index is 12.1. The molecule has 1 aromatic rings. The van der Waals surface area contributed by atoms with Gasteiger partial charge in [-0.25, -0.2) is 0 Å². The summed E-state index contributed by atoms with van der Waals surface area (Å²) in [6.45, 7) is 5.69. The largest absolute Gasteiger partial charge is 0.343 e. The fraction of sp³-hybridized carbons (Fsp3) is 0.556. The van der Waals surface area contributed by atoms with Crippen molar-refractivity contribution in [2.75, 3.05) is 25.0 Å². The zero-order valence-corrected chi connectivity index (χ0v) is 14.0. The highest BCUT2D eigenvalue weighted by Crippen LogP contribution is 2.13. The van der Waals surface area contributed by atoms with Gasteiger partial charge in [-0.2, -0.15) is 0 Å². The average Bonchev–Trinajstić information content (AvgIpc) is 2.55. The number of hydrogen-bond donors (Lipinski definition) is 0. The van der Waals surface area contributed by atoms with Gasteiger partial charge in [0.2, 0.25) is 11.8 Å². The van der Waals surface area contributed by atoms with Gasteiger partial charge in [0.1, 0.15) is 0 Å². The second kappa shape index (κ2) is 9.98. The summed E-state index contributed by atoms with van der Waals surface area (Å²) in [7, 11) is 1.78. The maximum absolute atomic E-state index is 12.1. The van der Waals surface area contributed by atoms with Crippen molar-refractivity contribution in [1.82, 2.24) is 4.90 Å². The summed E-state index contributed by atoms with van der Waals surface area (Å²) in [5.41, 5.74) is 0.886. The van der Waals surface area contributed by atoms with Crippen LogP contribution in [-0.2, 0) is 9.59 Å². The first-order valence-electron chi connectivity index (χ1n) is 8.19. The van der Waals surface area contributed by atoms with E-state index in [0.717, 1.165) is 31.6 Å². The minimum atomic E-state index is 0.0515. The molecule has 22 heavy (non-hydrogen) atoms. The number of carbonyl (C=O) groups is 2. The van der Waals surface area contributed by atoms with Crippen LogP contribution in [-0.4, -0.2) is 36.9 Å². The minimum absolute atomic E-state index is 0.0515. The molecule has 2 amide bonds. The van der Waals surface area contributed by atoms with E-state index in [0.29, 0.717) is 19.3 Å². The molecule has 0 fully saturated rings. The molecule has 0 aliphatic heterocycles. The summed E-state index contributed by atoms with van der Waals surface area (Å²) in [6.07, 6.45) is 3.59. The first-order chi connectivity index (χ1) is 10.6. The van der Waals surface area contributed by atoms with Crippen LogP contribution in [0.25, 0.3) is 0 Å². The molecule has 1 aromatic carbocycles. The van der Waals surface area contributed by atoms with Crippen LogP contribution in [0.5, 0.6) is 0 Å². The van der Waals surface area contributed by atoms with Crippen LogP contribution < -0.4 is 4.90 Å². The lowest BCUT2D eigenvalue weighted by atomic mass is 10.2. The average molecular weight is 304 g/mol. The van der Waals surface area contributed by atoms with Crippen molar-refractivity contribution in [3.05, 3.63) is 30.3 Å². The lowest BCUT2D eigenvalue weighted by Gasteiger charge is -2.21. The van der Waals surface area contributed by atoms with E-state index in [1.807, 2.05) is 42.2 Å². The summed E-state index contributed by atoms with van der Waals surface area (Å²) in [5, 5.41) is 0. The zero-order valence-electron chi connectivity index (χ0n) is 14.0. The molecule has 0 aliphatic rings. The van der Waals surface area contributed by atoms with Crippen molar-refractivity contribution < 1.29 is 9.59 Å². The predicted molar refractivity (Wildman–Crippen MR) is 90.9 cm³/mol. The van der Waals surface area contributed by atoms with E-state index in [-0.39, 0.29) is 11.8 Å². The maximum Gasteiger partial charge on any atom is 0.226 e. The van der Waals surface area contributed by atoms with Crippen LogP contribution >= 0.6 is 0 Å². The van der Waals surface area contributed by atoms with E-state index in [2.05, 4.69) is 6.92 Å².